The van der Waals surface area contributed by atoms with E-state index in [2.05, 4.69) is 0 Å². The Labute approximate surface area is 116 Å². The highest BCUT2D eigenvalue weighted by Crippen LogP contribution is 2.36. The van der Waals surface area contributed by atoms with Crippen LogP contribution >= 0.6 is 23.4 Å². The van der Waals surface area contributed by atoms with Crippen LogP contribution in [-0.4, -0.2) is 11.4 Å². The average Bonchev–Trinajstić information content (AvgIpc) is 2.41. The van der Waals surface area contributed by atoms with Gasteiger partial charge in [0.2, 0.25) is 0 Å². The molecule has 2 nitrogen and oxygen atoms in total. The molecule has 0 atom stereocenters. The molecular weight excluding hydrogens is 268 g/mol. The van der Waals surface area contributed by atoms with Gasteiger partial charge >= 0.3 is 0 Å². The molecule has 0 saturated carbocycles. The van der Waals surface area contributed by atoms with E-state index in [-0.39, 0.29) is 6.61 Å². The largest absolute Gasteiger partial charge is 0.454 e. The molecule has 1 N–H and O–H groups in total. The topological polar surface area (TPSA) is 29.5 Å². The number of aliphatic hydroxyl groups is 1. The van der Waals surface area contributed by atoms with Gasteiger partial charge in [-0.05, 0) is 24.5 Å². The Kier molecular flexibility index (Phi) is 4.53. The van der Waals surface area contributed by atoms with Crippen LogP contribution in [0.1, 0.15) is 5.56 Å². The summed E-state index contributed by atoms with van der Waals surface area (Å²) in [7, 11) is 0. The fourth-order valence-electron chi connectivity index (χ4n) is 1.61. The molecule has 4 heteroatoms. The maximum atomic E-state index is 9.30. The second-order valence-electron chi connectivity index (χ2n) is 3.64. The number of rotatable bonds is 4. The molecule has 2 aromatic carbocycles. The van der Waals surface area contributed by atoms with E-state index in [4.69, 9.17) is 16.3 Å². The minimum Gasteiger partial charge on any atom is -0.454 e. The minimum absolute atomic E-state index is 0.0999. The molecule has 0 heterocycles. The van der Waals surface area contributed by atoms with Crippen molar-refractivity contribution in [1.82, 2.24) is 0 Å². The smallest absolute Gasteiger partial charge is 0.151 e. The summed E-state index contributed by atoms with van der Waals surface area (Å²) < 4.78 is 5.84. The van der Waals surface area contributed by atoms with Gasteiger partial charge in [0, 0.05) is 10.5 Å². The van der Waals surface area contributed by atoms with Crippen molar-refractivity contribution in [3.05, 3.63) is 53.1 Å². The van der Waals surface area contributed by atoms with Crippen molar-refractivity contribution < 1.29 is 9.84 Å². The third-order valence-corrected chi connectivity index (χ3v) is 3.57. The highest BCUT2D eigenvalue weighted by atomic mass is 35.5. The van der Waals surface area contributed by atoms with Crippen LogP contribution in [-0.2, 0) is 6.61 Å². The normalized spacial score (nSPS) is 10.4. The third kappa shape index (κ3) is 2.80. The molecule has 0 amide bonds. The highest BCUT2D eigenvalue weighted by Gasteiger charge is 2.10. The number of aliphatic hydroxyl groups excluding tert-OH is 1. The first-order valence-corrected chi connectivity index (χ1v) is 7.05. The number of hydrogen-bond acceptors (Lipinski definition) is 3. The van der Waals surface area contributed by atoms with Crippen LogP contribution in [0.15, 0.2) is 47.4 Å². The van der Waals surface area contributed by atoms with E-state index >= 15 is 0 Å². The van der Waals surface area contributed by atoms with E-state index in [9.17, 15) is 5.11 Å². The summed E-state index contributed by atoms with van der Waals surface area (Å²) in [5.41, 5.74) is 0.679. The minimum atomic E-state index is -0.0999. The Morgan fingerprint density at radius 3 is 2.67 bits per heavy atom. The lowest BCUT2D eigenvalue weighted by Crippen LogP contribution is -1.93. The van der Waals surface area contributed by atoms with E-state index in [1.165, 1.54) is 0 Å². The van der Waals surface area contributed by atoms with Crippen molar-refractivity contribution >= 4 is 23.4 Å². The summed E-state index contributed by atoms with van der Waals surface area (Å²) in [6.45, 7) is -0.0999. The molecule has 0 aliphatic heterocycles. The molecule has 0 unspecified atom stereocenters. The van der Waals surface area contributed by atoms with Crippen LogP contribution in [0, 0.1) is 0 Å². The Bertz CT molecular complexity index is 543. The molecule has 18 heavy (non-hydrogen) atoms. The molecule has 94 valence electrons. The highest BCUT2D eigenvalue weighted by molar-refractivity contribution is 7.98. The van der Waals surface area contributed by atoms with E-state index in [0.29, 0.717) is 16.3 Å². The van der Waals surface area contributed by atoms with Crippen molar-refractivity contribution in [2.45, 2.75) is 11.5 Å². The van der Waals surface area contributed by atoms with Crippen molar-refractivity contribution in [3.8, 4) is 11.5 Å². The summed E-state index contributed by atoms with van der Waals surface area (Å²) in [4.78, 5) is 1.03. The predicted octanol–water partition coefficient (Wildman–Crippen LogP) is 4.35. The van der Waals surface area contributed by atoms with Gasteiger partial charge in [0.15, 0.2) is 5.75 Å². The molecule has 0 saturated heterocycles. The van der Waals surface area contributed by atoms with Crippen molar-refractivity contribution in [1.29, 1.82) is 0 Å². The first kappa shape index (κ1) is 13.3. The molecule has 0 spiro atoms. The second kappa shape index (κ2) is 6.14. The van der Waals surface area contributed by atoms with Gasteiger partial charge < -0.3 is 9.84 Å². The average molecular weight is 281 g/mol. The summed E-state index contributed by atoms with van der Waals surface area (Å²) in [6.07, 6.45) is 1.99. The van der Waals surface area contributed by atoms with Crippen LogP contribution in [0.25, 0.3) is 0 Å². The zero-order valence-electron chi connectivity index (χ0n) is 9.89. The van der Waals surface area contributed by atoms with E-state index in [0.717, 1.165) is 10.6 Å². The van der Waals surface area contributed by atoms with Gasteiger partial charge in [0.1, 0.15) is 5.75 Å². The molecule has 2 rings (SSSR count). The Hall–Kier alpha value is -1.16. The molecular formula is C14H13ClO2S. The van der Waals surface area contributed by atoms with Gasteiger partial charge in [-0.3, -0.25) is 0 Å². The van der Waals surface area contributed by atoms with Crippen LogP contribution in [0.4, 0.5) is 0 Å². The molecule has 0 radical (unpaired) electrons. The number of thioether (sulfide) groups is 1. The van der Waals surface area contributed by atoms with Gasteiger partial charge in [-0.15, -0.1) is 11.8 Å². The lowest BCUT2D eigenvalue weighted by atomic mass is 10.2. The Morgan fingerprint density at radius 1 is 1.17 bits per heavy atom. The summed E-state index contributed by atoms with van der Waals surface area (Å²) >= 11 is 7.71. The lowest BCUT2D eigenvalue weighted by Gasteiger charge is -2.13. The van der Waals surface area contributed by atoms with Crippen LogP contribution in [0.5, 0.6) is 11.5 Å². The standard InChI is InChI=1S/C14H13ClO2S/c1-18-13-8-3-2-7-12(13)17-14-10(9-16)5-4-6-11(14)15/h2-8,16H,9H2,1H3. The second-order valence-corrected chi connectivity index (χ2v) is 4.89. The molecule has 0 aromatic heterocycles. The molecule has 0 fully saturated rings. The Balaban J connectivity index is 2.39. The lowest BCUT2D eigenvalue weighted by molar-refractivity contribution is 0.276. The number of ether oxygens (including phenoxy) is 1. The number of para-hydroxylation sites is 2. The number of benzene rings is 2. The molecule has 0 bridgehead atoms. The molecule has 0 aliphatic carbocycles. The maximum absolute atomic E-state index is 9.30. The van der Waals surface area contributed by atoms with E-state index < -0.39 is 0 Å². The molecule has 0 aliphatic rings. The summed E-state index contributed by atoms with van der Waals surface area (Å²) in [5, 5.41) is 9.80. The number of hydrogen-bond donors (Lipinski definition) is 1. The first-order valence-electron chi connectivity index (χ1n) is 5.45. The monoisotopic (exact) mass is 280 g/mol. The zero-order chi connectivity index (χ0) is 13.0. The predicted molar refractivity (Wildman–Crippen MR) is 75.7 cm³/mol. The number of halogens is 1. The zero-order valence-corrected chi connectivity index (χ0v) is 11.5. The summed E-state index contributed by atoms with van der Waals surface area (Å²) in [5.74, 6) is 1.26. The van der Waals surface area contributed by atoms with Gasteiger partial charge in [0.25, 0.3) is 0 Å². The SMILES string of the molecule is CSc1ccccc1Oc1c(Cl)cccc1CO. The van der Waals surface area contributed by atoms with Crippen molar-refractivity contribution in [2.24, 2.45) is 0 Å². The fourth-order valence-corrected chi connectivity index (χ4v) is 2.36. The fraction of sp³-hybridized carbons (Fsp3) is 0.143. The van der Waals surface area contributed by atoms with E-state index in [1.54, 1.807) is 30.0 Å². The quantitative estimate of drug-likeness (QED) is 0.845. The Morgan fingerprint density at radius 2 is 1.94 bits per heavy atom. The third-order valence-electron chi connectivity index (χ3n) is 2.50. The van der Waals surface area contributed by atoms with Gasteiger partial charge in [-0.1, -0.05) is 35.9 Å². The van der Waals surface area contributed by atoms with Gasteiger partial charge in [-0.2, -0.15) is 0 Å². The first-order chi connectivity index (χ1) is 8.76. The van der Waals surface area contributed by atoms with Crippen molar-refractivity contribution in [3.63, 3.8) is 0 Å². The van der Waals surface area contributed by atoms with Crippen LogP contribution < -0.4 is 4.74 Å². The maximum Gasteiger partial charge on any atom is 0.151 e. The van der Waals surface area contributed by atoms with Crippen molar-refractivity contribution in [2.75, 3.05) is 6.26 Å². The van der Waals surface area contributed by atoms with E-state index in [1.807, 2.05) is 30.5 Å². The summed E-state index contributed by atoms with van der Waals surface area (Å²) in [6, 6.07) is 13.1. The van der Waals surface area contributed by atoms with Gasteiger partial charge in [-0.25, -0.2) is 0 Å². The molecule has 2 aromatic rings. The van der Waals surface area contributed by atoms with Gasteiger partial charge in [0.05, 0.1) is 11.6 Å². The van der Waals surface area contributed by atoms with Crippen LogP contribution in [0.2, 0.25) is 5.02 Å². The van der Waals surface area contributed by atoms with Crippen LogP contribution in [0.3, 0.4) is 0 Å².